The summed E-state index contributed by atoms with van der Waals surface area (Å²) in [7, 11) is -2.00. The van der Waals surface area contributed by atoms with Gasteiger partial charge in [-0.2, -0.15) is 0 Å². The molecule has 32 heavy (non-hydrogen) atoms. The van der Waals surface area contributed by atoms with E-state index in [1.807, 2.05) is 19.1 Å². The van der Waals surface area contributed by atoms with E-state index >= 15 is 0 Å². The largest absolute Gasteiger partial charge is 0.460 e. The lowest BCUT2D eigenvalue weighted by molar-refractivity contribution is -0.0932. The molecule has 1 aromatic heterocycles. The van der Waals surface area contributed by atoms with Gasteiger partial charge in [-0.05, 0) is 54.6 Å². The van der Waals surface area contributed by atoms with E-state index in [-0.39, 0.29) is 22.7 Å². The van der Waals surface area contributed by atoms with Crippen LogP contribution in [0.15, 0.2) is 22.8 Å². The summed E-state index contributed by atoms with van der Waals surface area (Å²) in [6, 6.07) is 3.92. The maximum atomic E-state index is 13.6. The van der Waals surface area contributed by atoms with Crippen molar-refractivity contribution in [2.45, 2.75) is 88.5 Å². The third-order valence-electron chi connectivity index (χ3n) is 8.48. The first-order valence-corrected chi connectivity index (χ1v) is 14.3. The highest BCUT2D eigenvalue weighted by Gasteiger charge is 2.57. The monoisotopic (exact) mass is 456 g/mol. The number of carbonyl (C=O) groups is 1. The second-order valence-electron chi connectivity index (χ2n) is 11.3. The molecule has 0 spiro atoms. The first kappa shape index (κ1) is 22.0. The van der Waals surface area contributed by atoms with Gasteiger partial charge in [0.2, 0.25) is 5.78 Å². The van der Waals surface area contributed by atoms with Gasteiger partial charge in [0, 0.05) is 16.7 Å². The number of ketones is 1. The third kappa shape index (κ3) is 2.63. The lowest BCUT2D eigenvalue weighted by atomic mass is 9.59. The van der Waals surface area contributed by atoms with Crippen LogP contribution in [-0.4, -0.2) is 41.6 Å². The van der Waals surface area contributed by atoms with E-state index < -0.39 is 32.0 Å². The van der Waals surface area contributed by atoms with Gasteiger partial charge in [0.15, 0.2) is 14.1 Å². The van der Waals surface area contributed by atoms with Crippen molar-refractivity contribution in [3.8, 4) is 0 Å². The molecule has 7 heteroatoms. The second-order valence-corrected chi connectivity index (χ2v) is 16.0. The number of hydrogen-bond donors (Lipinski definition) is 3. The highest BCUT2D eigenvalue weighted by atomic mass is 28.4. The number of aliphatic hydroxyl groups is 3. The van der Waals surface area contributed by atoms with Gasteiger partial charge in [-0.25, -0.2) is 0 Å². The van der Waals surface area contributed by atoms with Crippen LogP contribution in [0.4, 0.5) is 0 Å². The van der Waals surface area contributed by atoms with Crippen LogP contribution in [0.25, 0.3) is 0 Å². The van der Waals surface area contributed by atoms with Gasteiger partial charge in [0.25, 0.3) is 0 Å². The fourth-order valence-electron chi connectivity index (χ4n) is 5.56. The Morgan fingerprint density at radius 3 is 2.50 bits per heavy atom. The van der Waals surface area contributed by atoms with Crippen LogP contribution in [-0.2, 0) is 16.3 Å². The van der Waals surface area contributed by atoms with E-state index in [2.05, 4.69) is 33.9 Å². The fourth-order valence-corrected chi connectivity index (χ4v) is 6.87. The van der Waals surface area contributed by atoms with Crippen LogP contribution in [0.2, 0.25) is 18.1 Å². The summed E-state index contributed by atoms with van der Waals surface area (Å²) in [5.41, 5.74) is 3.05. The summed E-state index contributed by atoms with van der Waals surface area (Å²) in [5, 5.41) is 32.2. The molecule has 1 aromatic carbocycles. The minimum Gasteiger partial charge on any atom is -0.460 e. The third-order valence-corrected chi connectivity index (χ3v) is 13.0. The Labute approximate surface area is 189 Å². The van der Waals surface area contributed by atoms with Gasteiger partial charge in [0.1, 0.15) is 12.2 Å². The summed E-state index contributed by atoms with van der Waals surface area (Å²) in [5.74, 6) is -0.0680. The molecule has 5 atom stereocenters. The Morgan fingerprint density at radius 2 is 1.84 bits per heavy atom. The maximum Gasteiger partial charge on any atom is 0.229 e. The van der Waals surface area contributed by atoms with Crippen molar-refractivity contribution in [3.63, 3.8) is 0 Å². The topological polar surface area (TPSA) is 100 Å². The fraction of sp³-hybridized carbons (Fsp3) is 0.560. The van der Waals surface area contributed by atoms with Gasteiger partial charge < -0.3 is 24.2 Å². The predicted molar refractivity (Wildman–Crippen MR) is 121 cm³/mol. The lowest BCUT2D eigenvalue weighted by Crippen LogP contribution is -2.54. The highest BCUT2D eigenvalue weighted by Crippen LogP contribution is 2.55. The number of benzene rings is 1. The zero-order valence-corrected chi connectivity index (χ0v) is 20.5. The molecule has 0 fully saturated rings. The van der Waals surface area contributed by atoms with E-state index in [1.54, 1.807) is 0 Å². The number of rotatable bonds is 2. The standard InChI is InChI=1S/C25H32O6Si/c1-24(2,3)32(5,6)31-16-10-8-13-12(16)7-9-15-17(13)20(27)22-18-14(11-30-22)19(26)21(28)23(29)25(15,18)4/h7,9,11,16,19,21,23,26,28-29H,8,10H2,1-6H3/t16?,19-,21-,23-,25-/m1/s1. The Bertz CT molecular complexity index is 1130. The Balaban J connectivity index is 1.66. The molecule has 0 saturated carbocycles. The molecule has 0 saturated heterocycles. The molecule has 3 N–H and O–H groups in total. The minimum absolute atomic E-state index is 0.0611. The molecule has 2 aromatic rings. The van der Waals surface area contributed by atoms with Crippen LogP contribution in [0, 0.1) is 0 Å². The molecule has 0 bridgehead atoms. The van der Waals surface area contributed by atoms with Gasteiger partial charge >= 0.3 is 0 Å². The Kier molecular flexibility index (Phi) is 4.57. The van der Waals surface area contributed by atoms with Gasteiger partial charge in [-0.1, -0.05) is 32.9 Å². The lowest BCUT2D eigenvalue weighted by Gasteiger charge is -2.46. The van der Waals surface area contributed by atoms with Crippen LogP contribution in [0.1, 0.15) is 90.3 Å². The first-order valence-electron chi connectivity index (χ1n) is 11.4. The van der Waals surface area contributed by atoms with Crippen molar-refractivity contribution < 1.29 is 29.0 Å². The minimum atomic E-state index is -2.00. The van der Waals surface area contributed by atoms with Crippen molar-refractivity contribution in [2.75, 3.05) is 0 Å². The zero-order chi connectivity index (χ0) is 23.4. The van der Waals surface area contributed by atoms with Crippen molar-refractivity contribution >= 4 is 14.1 Å². The number of hydrogen-bond acceptors (Lipinski definition) is 6. The van der Waals surface area contributed by atoms with Crippen molar-refractivity contribution in [3.05, 3.63) is 57.5 Å². The Morgan fingerprint density at radius 1 is 1.16 bits per heavy atom. The molecule has 3 aliphatic carbocycles. The summed E-state index contributed by atoms with van der Waals surface area (Å²) in [4.78, 5) is 13.6. The van der Waals surface area contributed by atoms with Crippen LogP contribution in [0.3, 0.4) is 0 Å². The summed E-state index contributed by atoms with van der Waals surface area (Å²) >= 11 is 0. The average molecular weight is 457 g/mol. The van der Waals surface area contributed by atoms with Gasteiger partial charge in [-0.3, -0.25) is 4.79 Å². The number of carbonyl (C=O) groups excluding carboxylic acids is 1. The van der Waals surface area contributed by atoms with Crippen LogP contribution >= 0.6 is 0 Å². The van der Waals surface area contributed by atoms with E-state index in [9.17, 15) is 20.1 Å². The maximum absolute atomic E-state index is 13.6. The summed E-state index contributed by atoms with van der Waals surface area (Å²) in [6.45, 7) is 12.9. The zero-order valence-electron chi connectivity index (χ0n) is 19.5. The van der Waals surface area contributed by atoms with Crippen LogP contribution in [0.5, 0.6) is 0 Å². The first-order chi connectivity index (χ1) is 14.8. The number of aliphatic hydroxyl groups excluding tert-OH is 3. The molecule has 0 amide bonds. The highest BCUT2D eigenvalue weighted by molar-refractivity contribution is 6.74. The van der Waals surface area contributed by atoms with E-state index in [4.69, 9.17) is 8.84 Å². The smallest absolute Gasteiger partial charge is 0.229 e. The van der Waals surface area contributed by atoms with Crippen LogP contribution < -0.4 is 0 Å². The molecule has 0 aliphatic heterocycles. The van der Waals surface area contributed by atoms with E-state index in [1.165, 1.54) is 6.26 Å². The molecule has 1 heterocycles. The number of furan rings is 1. The molecular formula is C25H32O6Si. The molecular weight excluding hydrogens is 424 g/mol. The normalized spacial score (nSPS) is 31.3. The van der Waals surface area contributed by atoms with Crippen molar-refractivity contribution in [2.24, 2.45) is 0 Å². The Hall–Kier alpha value is -1.77. The molecule has 5 rings (SSSR count). The van der Waals surface area contributed by atoms with E-state index in [0.717, 1.165) is 17.5 Å². The van der Waals surface area contributed by atoms with Gasteiger partial charge in [0.05, 0.1) is 23.9 Å². The van der Waals surface area contributed by atoms with Crippen molar-refractivity contribution in [1.29, 1.82) is 0 Å². The van der Waals surface area contributed by atoms with Crippen molar-refractivity contribution in [1.82, 2.24) is 0 Å². The summed E-state index contributed by atoms with van der Waals surface area (Å²) < 4.78 is 12.4. The number of fused-ring (bicyclic) bond motifs is 4. The molecule has 3 aliphatic rings. The second kappa shape index (κ2) is 6.64. The molecule has 6 nitrogen and oxygen atoms in total. The predicted octanol–water partition coefficient (Wildman–Crippen LogP) is 3.91. The average Bonchev–Trinajstić information content (AvgIpc) is 3.33. The molecule has 172 valence electrons. The van der Waals surface area contributed by atoms with Gasteiger partial charge in [-0.15, -0.1) is 0 Å². The molecule has 0 radical (unpaired) electrons. The molecule has 1 unspecified atom stereocenters. The summed E-state index contributed by atoms with van der Waals surface area (Å²) in [6.07, 6.45) is -1.14. The van der Waals surface area contributed by atoms with E-state index in [0.29, 0.717) is 28.7 Å². The quantitative estimate of drug-likeness (QED) is 0.593. The SMILES string of the molecule is CC(C)(C)[Si](C)(C)OC1CCc2c1ccc1c2C(=O)c2occ3c2[C@]1(C)[C@H](O)[C@H](O)[C@@H]3O.